The third-order valence-electron chi connectivity index (χ3n) is 2.43. The van der Waals surface area contributed by atoms with Gasteiger partial charge in [0.15, 0.2) is 0 Å². The number of rotatable bonds is 5. The monoisotopic (exact) mass is 223 g/mol. The standard InChI is InChI=1S/C13H18FNO/c1-3-4-5-8-15-13(16)11-9-10(2)6-7-12(11)14/h6-7,9H,3-5,8H2,1-2H3,(H,15,16). The Labute approximate surface area is 95.9 Å². The van der Waals surface area contributed by atoms with Crippen LogP contribution >= 0.6 is 0 Å². The molecule has 0 fully saturated rings. The van der Waals surface area contributed by atoms with Crippen LogP contribution < -0.4 is 5.32 Å². The van der Waals surface area contributed by atoms with Crippen LogP contribution in [0.2, 0.25) is 0 Å². The second-order valence-corrected chi connectivity index (χ2v) is 3.95. The van der Waals surface area contributed by atoms with Gasteiger partial charge in [0.05, 0.1) is 5.56 Å². The summed E-state index contributed by atoms with van der Waals surface area (Å²) in [6.07, 6.45) is 3.13. The van der Waals surface area contributed by atoms with Crippen molar-refractivity contribution in [1.29, 1.82) is 0 Å². The van der Waals surface area contributed by atoms with E-state index in [2.05, 4.69) is 12.2 Å². The van der Waals surface area contributed by atoms with Crippen molar-refractivity contribution in [1.82, 2.24) is 5.32 Å². The first kappa shape index (κ1) is 12.7. The highest BCUT2D eigenvalue weighted by Gasteiger charge is 2.10. The van der Waals surface area contributed by atoms with Gasteiger partial charge in [-0.3, -0.25) is 4.79 Å². The number of nitrogens with one attached hydrogen (secondary N) is 1. The first-order chi connectivity index (χ1) is 7.65. The molecule has 0 spiro atoms. The molecule has 1 N–H and O–H groups in total. The van der Waals surface area contributed by atoms with Gasteiger partial charge in [0.1, 0.15) is 5.82 Å². The normalized spacial score (nSPS) is 10.2. The van der Waals surface area contributed by atoms with Crippen molar-refractivity contribution in [2.45, 2.75) is 33.1 Å². The molecular formula is C13H18FNO. The maximum atomic E-state index is 13.3. The number of carbonyl (C=O) groups excluding carboxylic acids is 1. The van der Waals surface area contributed by atoms with E-state index in [0.717, 1.165) is 24.8 Å². The molecular weight excluding hydrogens is 205 g/mol. The predicted octanol–water partition coefficient (Wildman–Crippen LogP) is 3.05. The third-order valence-corrected chi connectivity index (χ3v) is 2.43. The molecule has 16 heavy (non-hydrogen) atoms. The highest BCUT2D eigenvalue weighted by molar-refractivity contribution is 5.94. The van der Waals surface area contributed by atoms with Gasteiger partial charge >= 0.3 is 0 Å². The molecule has 1 amide bonds. The van der Waals surface area contributed by atoms with Crippen LogP contribution in [0.4, 0.5) is 4.39 Å². The molecule has 1 aromatic carbocycles. The van der Waals surface area contributed by atoms with E-state index < -0.39 is 5.82 Å². The molecule has 0 unspecified atom stereocenters. The highest BCUT2D eigenvalue weighted by Crippen LogP contribution is 2.09. The van der Waals surface area contributed by atoms with Crippen molar-refractivity contribution in [2.75, 3.05) is 6.54 Å². The van der Waals surface area contributed by atoms with Crippen molar-refractivity contribution in [2.24, 2.45) is 0 Å². The number of unbranched alkanes of at least 4 members (excludes halogenated alkanes) is 2. The summed E-state index contributed by atoms with van der Waals surface area (Å²) in [5, 5.41) is 2.72. The maximum Gasteiger partial charge on any atom is 0.254 e. The average Bonchev–Trinajstić information content (AvgIpc) is 2.27. The van der Waals surface area contributed by atoms with E-state index in [0.29, 0.717) is 6.54 Å². The average molecular weight is 223 g/mol. The molecule has 1 aromatic rings. The van der Waals surface area contributed by atoms with Crippen molar-refractivity contribution in [3.05, 3.63) is 35.1 Å². The number of amides is 1. The van der Waals surface area contributed by atoms with Gasteiger partial charge in [0.2, 0.25) is 0 Å². The summed E-state index contributed by atoms with van der Waals surface area (Å²) in [7, 11) is 0. The summed E-state index contributed by atoms with van der Waals surface area (Å²) in [4.78, 5) is 11.6. The molecule has 0 aromatic heterocycles. The van der Waals surface area contributed by atoms with E-state index in [-0.39, 0.29) is 11.5 Å². The number of carbonyl (C=O) groups is 1. The molecule has 0 aliphatic rings. The van der Waals surface area contributed by atoms with Gasteiger partial charge in [-0.2, -0.15) is 0 Å². The van der Waals surface area contributed by atoms with E-state index in [9.17, 15) is 9.18 Å². The Morgan fingerprint density at radius 2 is 2.12 bits per heavy atom. The minimum absolute atomic E-state index is 0.136. The molecule has 0 bridgehead atoms. The first-order valence-corrected chi connectivity index (χ1v) is 5.69. The van der Waals surface area contributed by atoms with Crippen molar-refractivity contribution >= 4 is 5.91 Å². The third kappa shape index (κ3) is 3.65. The highest BCUT2D eigenvalue weighted by atomic mass is 19.1. The largest absolute Gasteiger partial charge is 0.352 e. The van der Waals surface area contributed by atoms with E-state index in [1.54, 1.807) is 12.1 Å². The van der Waals surface area contributed by atoms with Gasteiger partial charge in [-0.25, -0.2) is 4.39 Å². The number of halogens is 1. The molecule has 2 nitrogen and oxygen atoms in total. The van der Waals surface area contributed by atoms with Gasteiger partial charge in [0, 0.05) is 6.54 Å². The van der Waals surface area contributed by atoms with Crippen LogP contribution in [-0.2, 0) is 0 Å². The fourth-order valence-corrected chi connectivity index (χ4v) is 1.49. The predicted molar refractivity (Wildman–Crippen MR) is 63.0 cm³/mol. The van der Waals surface area contributed by atoms with E-state index in [1.807, 2.05) is 6.92 Å². The summed E-state index contributed by atoms with van der Waals surface area (Å²) < 4.78 is 13.3. The zero-order chi connectivity index (χ0) is 12.0. The van der Waals surface area contributed by atoms with E-state index >= 15 is 0 Å². The molecule has 0 aliphatic heterocycles. The second kappa shape index (κ2) is 6.26. The van der Waals surface area contributed by atoms with Crippen LogP contribution in [0.1, 0.15) is 42.1 Å². The molecule has 3 heteroatoms. The lowest BCUT2D eigenvalue weighted by molar-refractivity contribution is 0.0949. The van der Waals surface area contributed by atoms with Crippen molar-refractivity contribution < 1.29 is 9.18 Å². The molecule has 0 atom stereocenters. The molecule has 88 valence electrons. The van der Waals surface area contributed by atoms with Gasteiger partial charge in [-0.15, -0.1) is 0 Å². The van der Waals surface area contributed by atoms with Crippen LogP contribution in [0.3, 0.4) is 0 Å². The van der Waals surface area contributed by atoms with E-state index in [4.69, 9.17) is 0 Å². The Balaban J connectivity index is 2.55. The SMILES string of the molecule is CCCCCNC(=O)c1cc(C)ccc1F. The summed E-state index contributed by atoms with van der Waals surface area (Å²) in [6.45, 7) is 4.55. The zero-order valence-corrected chi connectivity index (χ0v) is 9.85. The van der Waals surface area contributed by atoms with Gasteiger partial charge < -0.3 is 5.32 Å². The van der Waals surface area contributed by atoms with Crippen LogP contribution in [0, 0.1) is 12.7 Å². The number of hydrogen-bond donors (Lipinski definition) is 1. The molecule has 0 saturated carbocycles. The number of aryl methyl sites for hydroxylation is 1. The smallest absolute Gasteiger partial charge is 0.254 e. The first-order valence-electron chi connectivity index (χ1n) is 5.69. The second-order valence-electron chi connectivity index (χ2n) is 3.95. The van der Waals surface area contributed by atoms with Crippen molar-refractivity contribution in [3.63, 3.8) is 0 Å². The Kier molecular flexibility index (Phi) is 4.96. The summed E-state index contributed by atoms with van der Waals surface area (Å²) in [6, 6.07) is 4.56. The molecule has 0 heterocycles. The minimum Gasteiger partial charge on any atom is -0.352 e. The molecule has 0 saturated heterocycles. The lowest BCUT2D eigenvalue weighted by atomic mass is 10.1. The Hall–Kier alpha value is -1.38. The zero-order valence-electron chi connectivity index (χ0n) is 9.85. The molecule has 0 radical (unpaired) electrons. The fourth-order valence-electron chi connectivity index (χ4n) is 1.49. The Morgan fingerprint density at radius 1 is 1.38 bits per heavy atom. The van der Waals surface area contributed by atoms with Crippen LogP contribution in [0.15, 0.2) is 18.2 Å². The lowest BCUT2D eigenvalue weighted by Crippen LogP contribution is -2.25. The van der Waals surface area contributed by atoms with Gasteiger partial charge in [0.25, 0.3) is 5.91 Å². The van der Waals surface area contributed by atoms with Gasteiger partial charge in [-0.1, -0.05) is 31.4 Å². The fraction of sp³-hybridized carbons (Fsp3) is 0.462. The van der Waals surface area contributed by atoms with Crippen LogP contribution in [0.5, 0.6) is 0 Å². The van der Waals surface area contributed by atoms with Crippen molar-refractivity contribution in [3.8, 4) is 0 Å². The minimum atomic E-state index is -0.460. The maximum absolute atomic E-state index is 13.3. The van der Waals surface area contributed by atoms with Gasteiger partial charge in [-0.05, 0) is 25.5 Å². The number of benzene rings is 1. The number of hydrogen-bond acceptors (Lipinski definition) is 1. The van der Waals surface area contributed by atoms with E-state index in [1.165, 1.54) is 6.07 Å². The Morgan fingerprint density at radius 3 is 2.81 bits per heavy atom. The molecule has 0 aliphatic carbocycles. The summed E-state index contributed by atoms with van der Waals surface area (Å²) >= 11 is 0. The summed E-state index contributed by atoms with van der Waals surface area (Å²) in [5.41, 5.74) is 1.02. The Bertz CT molecular complexity index is 363. The molecule has 1 rings (SSSR count). The lowest BCUT2D eigenvalue weighted by Gasteiger charge is -2.06. The van der Waals surface area contributed by atoms with Crippen LogP contribution in [-0.4, -0.2) is 12.5 Å². The topological polar surface area (TPSA) is 29.1 Å². The summed E-state index contributed by atoms with van der Waals surface area (Å²) in [5.74, 6) is -0.782. The van der Waals surface area contributed by atoms with Crippen LogP contribution in [0.25, 0.3) is 0 Å². The quantitative estimate of drug-likeness (QED) is 0.764.